The van der Waals surface area contributed by atoms with Crippen LogP contribution in [0.3, 0.4) is 0 Å². The van der Waals surface area contributed by atoms with E-state index in [1.807, 2.05) is 6.08 Å². The van der Waals surface area contributed by atoms with E-state index in [1.165, 1.54) is 0 Å². The summed E-state index contributed by atoms with van der Waals surface area (Å²) in [6, 6.07) is 0. The van der Waals surface area contributed by atoms with Gasteiger partial charge in [0.2, 0.25) is 0 Å². The molecular formula is C12H16O. The predicted molar refractivity (Wildman–Crippen MR) is 57.5 cm³/mol. The topological polar surface area (TPSA) is 17.1 Å². The molecule has 0 heterocycles. The Morgan fingerprint density at radius 1 is 1.00 bits per heavy atom. The molecule has 0 N–H and O–H groups in total. The van der Waals surface area contributed by atoms with E-state index in [9.17, 15) is 4.79 Å². The van der Waals surface area contributed by atoms with Gasteiger partial charge in [0.15, 0.2) is 5.78 Å². The van der Waals surface area contributed by atoms with E-state index in [1.54, 1.807) is 18.2 Å². The Morgan fingerprint density at radius 2 is 1.62 bits per heavy atom. The monoisotopic (exact) mass is 176 g/mol. The minimum absolute atomic E-state index is 0.122. The molecule has 0 amide bonds. The first-order valence-corrected chi connectivity index (χ1v) is 4.31. The third-order valence-corrected chi connectivity index (χ3v) is 1.58. The minimum Gasteiger partial charge on any atom is -0.294 e. The number of Topliss-reactive ketones (excluding diaryl/α,β-unsaturated/α-hetero) is 1. The highest BCUT2D eigenvalue weighted by Gasteiger charge is 2.04. The van der Waals surface area contributed by atoms with Crippen molar-refractivity contribution in [3.63, 3.8) is 0 Å². The van der Waals surface area contributed by atoms with Gasteiger partial charge in [-0.1, -0.05) is 24.3 Å². The average Bonchev–Trinajstić information content (AvgIpc) is 2.12. The summed E-state index contributed by atoms with van der Waals surface area (Å²) in [6.45, 7) is 10.7. The third kappa shape index (κ3) is 4.96. The van der Waals surface area contributed by atoms with Crippen LogP contribution >= 0.6 is 0 Å². The number of hydrogen-bond acceptors (Lipinski definition) is 1. The second-order valence-electron chi connectivity index (χ2n) is 2.66. The quantitative estimate of drug-likeness (QED) is 0.430. The molecule has 0 saturated carbocycles. The fourth-order valence-electron chi connectivity index (χ4n) is 0.954. The fourth-order valence-corrected chi connectivity index (χ4v) is 0.954. The first-order chi connectivity index (χ1) is 6.26. The van der Waals surface area contributed by atoms with E-state index in [0.29, 0.717) is 12.8 Å². The van der Waals surface area contributed by atoms with Gasteiger partial charge in [0.05, 0.1) is 0 Å². The number of hydrogen-bond donors (Lipinski definition) is 0. The Bertz CT molecular complexity index is 234. The van der Waals surface area contributed by atoms with Crippen molar-refractivity contribution in [2.24, 2.45) is 0 Å². The summed E-state index contributed by atoms with van der Waals surface area (Å²) in [5.74, 6) is 0.122. The first kappa shape index (κ1) is 11.6. The zero-order valence-electron chi connectivity index (χ0n) is 7.96. The van der Waals surface area contributed by atoms with E-state index in [4.69, 9.17) is 0 Å². The molecule has 1 nitrogen and oxygen atoms in total. The number of carbonyl (C=O) groups is 1. The van der Waals surface area contributed by atoms with E-state index in [2.05, 4.69) is 19.7 Å². The van der Waals surface area contributed by atoms with Crippen molar-refractivity contribution in [1.29, 1.82) is 0 Å². The molecule has 70 valence electrons. The molecule has 0 aromatic heterocycles. The number of allylic oxidation sites excluding steroid dienone is 5. The molecule has 13 heavy (non-hydrogen) atoms. The average molecular weight is 176 g/mol. The van der Waals surface area contributed by atoms with Gasteiger partial charge < -0.3 is 0 Å². The Balaban J connectivity index is 4.37. The normalized spacial score (nSPS) is 10.6. The van der Waals surface area contributed by atoms with Crippen LogP contribution in [-0.2, 0) is 4.79 Å². The highest BCUT2D eigenvalue weighted by Crippen LogP contribution is 2.08. The van der Waals surface area contributed by atoms with Crippen molar-refractivity contribution in [2.75, 3.05) is 0 Å². The molecule has 0 aromatic carbocycles. The number of ketones is 1. The summed E-state index contributed by atoms with van der Waals surface area (Å²) in [6.07, 6.45) is 8.76. The van der Waals surface area contributed by atoms with Gasteiger partial charge in [-0.3, -0.25) is 4.79 Å². The molecule has 0 unspecified atom stereocenters. The van der Waals surface area contributed by atoms with Crippen molar-refractivity contribution in [3.8, 4) is 0 Å². The SMILES string of the molecule is C=CCC=C(CC=C)C(=O)CC=C. The Kier molecular flexibility index (Phi) is 6.52. The molecule has 0 fully saturated rings. The lowest BCUT2D eigenvalue weighted by Crippen LogP contribution is -1.99. The molecule has 0 saturated heterocycles. The van der Waals surface area contributed by atoms with Crippen LogP contribution in [-0.4, -0.2) is 5.78 Å². The molecule has 0 aliphatic rings. The summed E-state index contributed by atoms with van der Waals surface area (Å²) in [4.78, 5) is 11.4. The highest BCUT2D eigenvalue weighted by atomic mass is 16.1. The van der Waals surface area contributed by atoms with Gasteiger partial charge in [0, 0.05) is 6.42 Å². The summed E-state index contributed by atoms with van der Waals surface area (Å²) in [7, 11) is 0. The highest BCUT2D eigenvalue weighted by molar-refractivity contribution is 5.96. The number of rotatable bonds is 7. The molecule has 0 rings (SSSR count). The molecule has 0 aliphatic carbocycles. The first-order valence-electron chi connectivity index (χ1n) is 4.31. The molecule has 0 aliphatic heterocycles. The van der Waals surface area contributed by atoms with Crippen molar-refractivity contribution in [3.05, 3.63) is 49.6 Å². The van der Waals surface area contributed by atoms with Crippen molar-refractivity contribution >= 4 is 5.78 Å². The molecule has 1 heteroatoms. The molecule has 0 bridgehead atoms. The van der Waals surface area contributed by atoms with Crippen LogP contribution in [0.15, 0.2) is 49.6 Å². The molecule has 0 radical (unpaired) electrons. The van der Waals surface area contributed by atoms with Gasteiger partial charge in [-0.2, -0.15) is 0 Å². The van der Waals surface area contributed by atoms with Gasteiger partial charge in [0.1, 0.15) is 0 Å². The second-order valence-corrected chi connectivity index (χ2v) is 2.66. The summed E-state index contributed by atoms with van der Waals surface area (Å²) < 4.78 is 0. The zero-order valence-corrected chi connectivity index (χ0v) is 7.96. The third-order valence-electron chi connectivity index (χ3n) is 1.58. The van der Waals surface area contributed by atoms with Crippen molar-refractivity contribution < 1.29 is 4.79 Å². The predicted octanol–water partition coefficient (Wildman–Crippen LogP) is 3.21. The summed E-state index contributed by atoms with van der Waals surface area (Å²) in [5.41, 5.74) is 0.801. The Hall–Kier alpha value is -1.37. The fraction of sp³-hybridized carbons (Fsp3) is 0.250. The van der Waals surface area contributed by atoms with E-state index < -0.39 is 0 Å². The minimum atomic E-state index is 0.122. The maximum Gasteiger partial charge on any atom is 0.162 e. The Labute approximate surface area is 80.2 Å². The standard InChI is InChI=1S/C12H16O/c1-4-7-10-11(8-5-2)12(13)9-6-3/h4-6,10H,1-3,7-9H2. The van der Waals surface area contributed by atoms with Crippen molar-refractivity contribution in [1.82, 2.24) is 0 Å². The van der Waals surface area contributed by atoms with Gasteiger partial charge in [0.25, 0.3) is 0 Å². The van der Waals surface area contributed by atoms with Crippen LogP contribution in [0.25, 0.3) is 0 Å². The van der Waals surface area contributed by atoms with Crippen LogP contribution in [0.1, 0.15) is 19.3 Å². The maximum absolute atomic E-state index is 11.4. The molecule has 0 atom stereocenters. The summed E-state index contributed by atoms with van der Waals surface area (Å²) >= 11 is 0. The number of carbonyl (C=O) groups excluding carboxylic acids is 1. The van der Waals surface area contributed by atoms with E-state index in [0.717, 1.165) is 12.0 Å². The van der Waals surface area contributed by atoms with Gasteiger partial charge in [-0.15, -0.1) is 19.7 Å². The van der Waals surface area contributed by atoms with Crippen LogP contribution in [0.5, 0.6) is 0 Å². The molecular weight excluding hydrogens is 160 g/mol. The van der Waals surface area contributed by atoms with Gasteiger partial charge in [-0.05, 0) is 18.4 Å². The summed E-state index contributed by atoms with van der Waals surface area (Å²) in [5, 5.41) is 0. The van der Waals surface area contributed by atoms with Crippen LogP contribution in [0.4, 0.5) is 0 Å². The molecule has 0 aromatic rings. The maximum atomic E-state index is 11.4. The second kappa shape index (κ2) is 7.29. The lowest BCUT2D eigenvalue weighted by Gasteiger charge is -2.00. The van der Waals surface area contributed by atoms with Crippen LogP contribution in [0, 0.1) is 0 Å². The Morgan fingerprint density at radius 3 is 2.08 bits per heavy atom. The lowest BCUT2D eigenvalue weighted by molar-refractivity contribution is -0.114. The van der Waals surface area contributed by atoms with E-state index >= 15 is 0 Å². The van der Waals surface area contributed by atoms with Gasteiger partial charge >= 0.3 is 0 Å². The van der Waals surface area contributed by atoms with Crippen LogP contribution in [0.2, 0.25) is 0 Å². The smallest absolute Gasteiger partial charge is 0.162 e. The van der Waals surface area contributed by atoms with Gasteiger partial charge in [-0.25, -0.2) is 0 Å². The largest absolute Gasteiger partial charge is 0.294 e. The zero-order chi connectivity index (χ0) is 10.1. The lowest BCUT2D eigenvalue weighted by atomic mass is 10.0. The van der Waals surface area contributed by atoms with Crippen molar-refractivity contribution in [2.45, 2.75) is 19.3 Å². The van der Waals surface area contributed by atoms with Crippen LogP contribution < -0.4 is 0 Å². The van der Waals surface area contributed by atoms with E-state index in [-0.39, 0.29) is 5.78 Å². The molecule has 0 spiro atoms.